The maximum absolute atomic E-state index is 10.4. The first-order valence-electron chi connectivity index (χ1n) is 7.41. The first kappa shape index (κ1) is 15.3. The fourth-order valence-electron chi connectivity index (χ4n) is 3.39. The lowest BCUT2D eigenvalue weighted by Crippen LogP contribution is -2.46. The van der Waals surface area contributed by atoms with E-state index < -0.39 is 0 Å². The van der Waals surface area contributed by atoms with Crippen molar-refractivity contribution < 1.29 is 9.84 Å². The summed E-state index contributed by atoms with van der Waals surface area (Å²) in [6.45, 7) is 4.54. The average molecular weight is 278 g/mol. The van der Waals surface area contributed by atoms with Crippen LogP contribution < -0.4 is 10.5 Å². The second kappa shape index (κ2) is 6.10. The van der Waals surface area contributed by atoms with Crippen molar-refractivity contribution in [2.24, 2.45) is 11.1 Å². The normalized spacial score (nSPS) is 26.6. The second-order valence-electron chi connectivity index (χ2n) is 6.05. The molecule has 0 amide bonds. The maximum atomic E-state index is 10.4. The van der Waals surface area contributed by atoms with Gasteiger partial charge in [-0.2, -0.15) is 0 Å². The number of aliphatic hydroxyl groups is 1. The number of nitrogens with two attached hydrogens (primary N) is 1. The Balaban J connectivity index is 2.32. The minimum absolute atomic E-state index is 0.226. The Kier molecular flexibility index (Phi) is 4.66. The Hall–Kier alpha value is -1.13. The van der Waals surface area contributed by atoms with Crippen molar-refractivity contribution in [2.75, 3.05) is 13.7 Å². The predicted octanol–water partition coefficient (Wildman–Crippen LogP) is 2.13. The molecule has 0 saturated heterocycles. The molecule has 1 heterocycles. The zero-order valence-electron chi connectivity index (χ0n) is 12.8. The number of pyridine rings is 1. The average Bonchev–Trinajstić information content (AvgIpc) is 2.45. The molecule has 2 rings (SSSR count). The molecular weight excluding hydrogens is 252 g/mol. The Morgan fingerprint density at radius 2 is 2.20 bits per heavy atom. The molecule has 1 saturated carbocycles. The monoisotopic (exact) mass is 278 g/mol. The van der Waals surface area contributed by atoms with Crippen LogP contribution >= 0.6 is 0 Å². The molecule has 4 heteroatoms. The Bertz CT molecular complexity index is 476. The highest BCUT2D eigenvalue weighted by Gasteiger charge is 2.39. The molecule has 0 aromatic carbocycles. The van der Waals surface area contributed by atoms with E-state index in [0.29, 0.717) is 6.54 Å². The van der Waals surface area contributed by atoms with E-state index in [1.165, 1.54) is 0 Å². The molecule has 0 bridgehead atoms. The van der Waals surface area contributed by atoms with Crippen LogP contribution in [0.1, 0.15) is 42.5 Å². The zero-order chi connectivity index (χ0) is 14.8. The molecule has 112 valence electrons. The second-order valence-corrected chi connectivity index (χ2v) is 6.05. The quantitative estimate of drug-likeness (QED) is 0.885. The third-order valence-electron chi connectivity index (χ3n) is 4.78. The third kappa shape index (κ3) is 2.67. The van der Waals surface area contributed by atoms with Gasteiger partial charge < -0.3 is 15.6 Å². The van der Waals surface area contributed by atoms with Crippen molar-refractivity contribution in [1.82, 2.24) is 4.98 Å². The van der Waals surface area contributed by atoms with Crippen LogP contribution in [0.4, 0.5) is 0 Å². The zero-order valence-corrected chi connectivity index (χ0v) is 12.8. The number of hydrogen-bond donors (Lipinski definition) is 2. The number of methoxy groups -OCH3 is 1. The van der Waals surface area contributed by atoms with Crippen LogP contribution in [0.3, 0.4) is 0 Å². The molecular formula is C16H26N2O2. The SMILES string of the molecule is COc1c(C)cnc(CC2(CN)CCCCC2O)c1C. The minimum atomic E-state index is -0.324. The summed E-state index contributed by atoms with van der Waals surface area (Å²) in [7, 11) is 1.69. The molecule has 0 aliphatic heterocycles. The molecule has 0 radical (unpaired) electrons. The van der Waals surface area contributed by atoms with E-state index in [-0.39, 0.29) is 11.5 Å². The first-order chi connectivity index (χ1) is 9.54. The number of rotatable bonds is 4. The lowest BCUT2D eigenvalue weighted by molar-refractivity contribution is -0.00657. The number of aromatic nitrogens is 1. The van der Waals surface area contributed by atoms with Gasteiger partial charge in [0.25, 0.3) is 0 Å². The van der Waals surface area contributed by atoms with Crippen molar-refractivity contribution in [3.8, 4) is 5.75 Å². The summed E-state index contributed by atoms with van der Waals surface area (Å²) in [5.74, 6) is 0.896. The topological polar surface area (TPSA) is 68.4 Å². The molecule has 20 heavy (non-hydrogen) atoms. The van der Waals surface area contributed by atoms with Crippen LogP contribution in [0.15, 0.2) is 6.20 Å². The van der Waals surface area contributed by atoms with E-state index in [2.05, 4.69) is 4.98 Å². The van der Waals surface area contributed by atoms with Gasteiger partial charge >= 0.3 is 0 Å². The highest BCUT2D eigenvalue weighted by Crippen LogP contribution is 2.39. The van der Waals surface area contributed by atoms with Gasteiger partial charge in [0.15, 0.2) is 0 Å². The van der Waals surface area contributed by atoms with Gasteiger partial charge in [0, 0.05) is 35.0 Å². The molecule has 0 spiro atoms. The highest BCUT2D eigenvalue weighted by molar-refractivity contribution is 5.41. The minimum Gasteiger partial charge on any atom is -0.496 e. The molecule has 1 aliphatic carbocycles. The standard InChI is InChI=1S/C16H26N2O2/c1-11-9-18-13(12(2)15(11)20-3)8-16(10-17)7-5-4-6-14(16)19/h9,14,19H,4-8,10,17H2,1-3H3. The van der Waals surface area contributed by atoms with Crippen molar-refractivity contribution >= 4 is 0 Å². The summed E-state index contributed by atoms with van der Waals surface area (Å²) in [5.41, 5.74) is 8.89. The van der Waals surface area contributed by atoms with Gasteiger partial charge in [-0.1, -0.05) is 12.8 Å². The van der Waals surface area contributed by atoms with Crippen LogP contribution in [-0.2, 0) is 6.42 Å². The molecule has 1 aromatic rings. The van der Waals surface area contributed by atoms with Gasteiger partial charge in [-0.05, 0) is 33.1 Å². The molecule has 3 N–H and O–H groups in total. The summed E-state index contributed by atoms with van der Waals surface area (Å²) in [6.07, 6.45) is 6.30. The van der Waals surface area contributed by atoms with Crippen molar-refractivity contribution in [3.05, 3.63) is 23.0 Å². The van der Waals surface area contributed by atoms with Gasteiger partial charge in [-0.3, -0.25) is 4.98 Å². The van der Waals surface area contributed by atoms with Gasteiger partial charge in [-0.25, -0.2) is 0 Å². The molecule has 4 nitrogen and oxygen atoms in total. The maximum Gasteiger partial charge on any atom is 0.128 e. The summed E-state index contributed by atoms with van der Waals surface area (Å²) < 4.78 is 5.47. The lowest BCUT2D eigenvalue weighted by atomic mass is 9.68. The molecule has 1 aliphatic rings. The fraction of sp³-hybridized carbons (Fsp3) is 0.688. The van der Waals surface area contributed by atoms with Crippen LogP contribution in [0.25, 0.3) is 0 Å². The van der Waals surface area contributed by atoms with Crippen molar-refractivity contribution in [3.63, 3.8) is 0 Å². The Labute approximate surface area is 121 Å². The van der Waals surface area contributed by atoms with E-state index in [4.69, 9.17) is 10.5 Å². The molecule has 1 fully saturated rings. The largest absolute Gasteiger partial charge is 0.496 e. The molecule has 2 unspecified atom stereocenters. The summed E-state index contributed by atoms with van der Waals surface area (Å²) in [6, 6.07) is 0. The van der Waals surface area contributed by atoms with Gasteiger partial charge in [0.05, 0.1) is 13.2 Å². The summed E-state index contributed by atoms with van der Waals surface area (Å²) in [4.78, 5) is 4.56. The number of ether oxygens (including phenoxy) is 1. The van der Waals surface area contributed by atoms with E-state index in [1.54, 1.807) is 7.11 Å². The number of aliphatic hydroxyl groups excluding tert-OH is 1. The summed E-state index contributed by atoms with van der Waals surface area (Å²) >= 11 is 0. The van der Waals surface area contributed by atoms with Crippen molar-refractivity contribution in [2.45, 2.75) is 52.1 Å². The van der Waals surface area contributed by atoms with E-state index >= 15 is 0 Å². The van der Waals surface area contributed by atoms with Gasteiger partial charge in [0.1, 0.15) is 5.75 Å². The number of nitrogens with zero attached hydrogens (tertiary/aromatic N) is 1. The molecule has 2 atom stereocenters. The van der Waals surface area contributed by atoms with E-state index in [9.17, 15) is 5.11 Å². The van der Waals surface area contributed by atoms with Crippen LogP contribution in [0, 0.1) is 19.3 Å². The van der Waals surface area contributed by atoms with Crippen molar-refractivity contribution in [1.29, 1.82) is 0 Å². The summed E-state index contributed by atoms with van der Waals surface area (Å²) in [5, 5.41) is 10.4. The van der Waals surface area contributed by atoms with Gasteiger partial charge in [-0.15, -0.1) is 0 Å². The number of aryl methyl sites for hydroxylation is 1. The van der Waals surface area contributed by atoms with Crippen LogP contribution in [-0.4, -0.2) is 29.8 Å². The van der Waals surface area contributed by atoms with Gasteiger partial charge in [0.2, 0.25) is 0 Å². The highest BCUT2D eigenvalue weighted by atomic mass is 16.5. The first-order valence-corrected chi connectivity index (χ1v) is 7.41. The third-order valence-corrected chi connectivity index (χ3v) is 4.78. The lowest BCUT2D eigenvalue weighted by Gasteiger charge is -2.41. The van der Waals surface area contributed by atoms with E-state index in [1.807, 2.05) is 20.0 Å². The fourth-order valence-corrected chi connectivity index (χ4v) is 3.39. The number of hydrogen-bond acceptors (Lipinski definition) is 4. The Morgan fingerprint density at radius 1 is 1.45 bits per heavy atom. The van der Waals surface area contributed by atoms with Crippen LogP contribution in [0.2, 0.25) is 0 Å². The Morgan fingerprint density at radius 3 is 2.80 bits per heavy atom. The smallest absolute Gasteiger partial charge is 0.128 e. The predicted molar refractivity (Wildman–Crippen MR) is 79.9 cm³/mol. The molecule has 1 aromatic heterocycles. The van der Waals surface area contributed by atoms with E-state index in [0.717, 1.165) is 54.7 Å². The van der Waals surface area contributed by atoms with Crippen LogP contribution in [0.5, 0.6) is 5.75 Å².